The number of rotatable bonds is 6. The zero-order valence-corrected chi connectivity index (χ0v) is 14.1. The van der Waals surface area contributed by atoms with E-state index in [0.29, 0.717) is 0 Å². The van der Waals surface area contributed by atoms with Crippen molar-refractivity contribution >= 4 is 11.6 Å². The van der Waals surface area contributed by atoms with Gasteiger partial charge in [-0.05, 0) is 25.3 Å². The second kappa shape index (κ2) is 6.29. The number of amides is 1. The Labute approximate surface area is 144 Å². The normalized spacial score (nSPS) is 16.3. The Hall–Kier alpha value is -2.74. The van der Waals surface area contributed by atoms with E-state index in [0.717, 1.165) is 18.4 Å². The first-order valence-corrected chi connectivity index (χ1v) is 8.05. The molecule has 8 nitrogen and oxygen atoms in total. The zero-order valence-electron chi connectivity index (χ0n) is 14.1. The van der Waals surface area contributed by atoms with Crippen LogP contribution < -0.4 is 5.32 Å². The first-order valence-electron chi connectivity index (χ1n) is 8.05. The van der Waals surface area contributed by atoms with Gasteiger partial charge < -0.3 is 10.4 Å². The molecule has 1 saturated carbocycles. The van der Waals surface area contributed by atoms with Crippen molar-refractivity contribution < 1.29 is 14.8 Å². The van der Waals surface area contributed by atoms with Crippen molar-refractivity contribution in [1.82, 2.24) is 15.1 Å². The van der Waals surface area contributed by atoms with Crippen LogP contribution in [0.1, 0.15) is 40.7 Å². The van der Waals surface area contributed by atoms with Crippen LogP contribution in [-0.4, -0.2) is 32.3 Å². The predicted molar refractivity (Wildman–Crippen MR) is 90.0 cm³/mol. The number of aliphatic hydroxyl groups is 1. The minimum Gasteiger partial charge on any atom is -0.388 e. The Bertz CT molecular complexity index is 812. The lowest BCUT2D eigenvalue weighted by Crippen LogP contribution is -2.34. The fourth-order valence-electron chi connectivity index (χ4n) is 3.16. The van der Waals surface area contributed by atoms with Gasteiger partial charge in [0, 0.05) is 19.0 Å². The molecule has 0 spiro atoms. The molecular weight excluding hydrogens is 324 g/mol. The summed E-state index contributed by atoms with van der Waals surface area (Å²) in [7, 11) is 1.50. The highest BCUT2D eigenvalue weighted by Gasteiger charge is 2.49. The van der Waals surface area contributed by atoms with Crippen LogP contribution in [0.2, 0.25) is 0 Å². The van der Waals surface area contributed by atoms with Crippen LogP contribution in [0.15, 0.2) is 30.3 Å². The number of carbonyl (C=O) groups excluding carboxylic acids is 1. The topological polar surface area (TPSA) is 110 Å². The van der Waals surface area contributed by atoms with Gasteiger partial charge in [-0.25, -0.2) is 0 Å². The van der Waals surface area contributed by atoms with Gasteiger partial charge >= 0.3 is 5.69 Å². The molecule has 1 atom stereocenters. The van der Waals surface area contributed by atoms with Crippen molar-refractivity contribution in [2.24, 2.45) is 12.5 Å². The molecule has 1 aliphatic rings. The van der Waals surface area contributed by atoms with Crippen LogP contribution in [0.25, 0.3) is 0 Å². The largest absolute Gasteiger partial charge is 0.388 e. The number of nitro groups is 1. The number of aromatic nitrogens is 2. The van der Waals surface area contributed by atoms with Crippen molar-refractivity contribution in [3.8, 4) is 0 Å². The van der Waals surface area contributed by atoms with E-state index < -0.39 is 22.3 Å². The van der Waals surface area contributed by atoms with Crippen LogP contribution in [0.3, 0.4) is 0 Å². The highest BCUT2D eigenvalue weighted by atomic mass is 16.6. The quantitative estimate of drug-likeness (QED) is 0.614. The Morgan fingerprint density at radius 1 is 1.44 bits per heavy atom. The molecule has 132 valence electrons. The maximum absolute atomic E-state index is 12.5. The molecule has 2 aromatic rings. The second-order valence-corrected chi connectivity index (χ2v) is 6.52. The zero-order chi connectivity index (χ0) is 18.2. The van der Waals surface area contributed by atoms with E-state index in [1.165, 1.54) is 18.7 Å². The predicted octanol–water partition coefficient (Wildman–Crippen LogP) is 1.88. The van der Waals surface area contributed by atoms with Crippen LogP contribution in [0.5, 0.6) is 0 Å². The van der Waals surface area contributed by atoms with E-state index in [1.807, 2.05) is 30.3 Å². The maximum Gasteiger partial charge on any atom is 0.322 e. The SMILES string of the molecule is Cc1nn(C)c(C(=O)NCC2(C(O)c3ccccc3)CC2)c1[N+](=O)[O-]. The van der Waals surface area contributed by atoms with Crippen molar-refractivity contribution in [2.45, 2.75) is 25.9 Å². The van der Waals surface area contributed by atoms with E-state index in [4.69, 9.17) is 0 Å². The summed E-state index contributed by atoms with van der Waals surface area (Å²) in [6.07, 6.45) is 0.892. The van der Waals surface area contributed by atoms with Gasteiger partial charge in [0.2, 0.25) is 5.69 Å². The minimum atomic E-state index is -0.683. The molecule has 25 heavy (non-hydrogen) atoms. The molecule has 1 heterocycles. The molecule has 2 N–H and O–H groups in total. The lowest BCUT2D eigenvalue weighted by Gasteiger charge is -2.23. The summed E-state index contributed by atoms with van der Waals surface area (Å²) in [5.74, 6) is -0.554. The standard InChI is InChI=1S/C17H20N4O4/c1-11-13(21(24)25)14(20(2)19-11)16(23)18-10-17(8-9-17)15(22)12-6-4-3-5-7-12/h3-7,15,22H,8-10H2,1-2H3,(H,18,23). The van der Waals surface area contributed by atoms with Crippen molar-refractivity contribution in [1.29, 1.82) is 0 Å². The van der Waals surface area contributed by atoms with Crippen LogP contribution in [-0.2, 0) is 7.05 Å². The summed E-state index contributed by atoms with van der Waals surface area (Å²) in [5, 5.41) is 28.5. The molecule has 0 radical (unpaired) electrons. The number of aryl methyl sites for hydroxylation is 2. The number of carbonyl (C=O) groups is 1. The van der Waals surface area contributed by atoms with Gasteiger partial charge in [-0.2, -0.15) is 5.10 Å². The summed E-state index contributed by atoms with van der Waals surface area (Å²) in [6.45, 7) is 1.75. The molecule has 1 fully saturated rings. The fourth-order valence-corrected chi connectivity index (χ4v) is 3.16. The monoisotopic (exact) mass is 344 g/mol. The van der Waals surface area contributed by atoms with Crippen LogP contribution in [0.4, 0.5) is 5.69 Å². The van der Waals surface area contributed by atoms with Gasteiger partial charge in [-0.15, -0.1) is 0 Å². The van der Waals surface area contributed by atoms with Gasteiger partial charge in [0.1, 0.15) is 5.69 Å². The molecule has 0 aliphatic heterocycles. The third-order valence-corrected chi connectivity index (χ3v) is 4.78. The molecule has 1 aliphatic carbocycles. The summed E-state index contributed by atoms with van der Waals surface area (Å²) < 4.78 is 1.22. The highest BCUT2D eigenvalue weighted by Crippen LogP contribution is 2.54. The van der Waals surface area contributed by atoms with Crippen molar-refractivity contribution in [2.75, 3.05) is 6.54 Å². The van der Waals surface area contributed by atoms with Crippen molar-refractivity contribution in [3.05, 3.63) is 57.4 Å². The number of nitrogens with one attached hydrogen (secondary N) is 1. The summed E-state index contributed by atoms with van der Waals surface area (Å²) in [4.78, 5) is 23.1. The van der Waals surface area contributed by atoms with Gasteiger partial charge in [0.05, 0.1) is 11.0 Å². The lowest BCUT2D eigenvalue weighted by atomic mass is 9.92. The first-order chi connectivity index (χ1) is 11.9. The number of nitrogens with zero attached hydrogens (tertiary/aromatic N) is 3. The lowest BCUT2D eigenvalue weighted by molar-refractivity contribution is -0.385. The molecule has 1 amide bonds. The Kier molecular flexibility index (Phi) is 4.30. The van der Waals surface area contributed by atoms with Gasteiger partial charge in [0.15, 0.2) is 0 Å². The van der Waals surface area contributed by atoms with E-state index in [2.05, 4.69) is 10.4 Å². The van der Waals surface area contributed by atoms with Gasteiger partial charge in [-0.1, -0.05) is 30.3 Å². The molecular formula is C17H20N4O4. The second-order valence-electron chi connectivity index (χ2n) is 6.52. The van der Waals surface area contributed by atoms with Crippen LogP contribution in [0, 0.1) is 22.5 Å². The Morgan fingerprint density at radius 2 is 2.08 bits per heavy atom. The van der Waals surface area contributed by atoms with E-state index in [-0.39, 0.29) is 23.6 Å². The third kappa shape index (κ3) is 3.12. The molecule has 1 unspecified atom stereocenters. The number of hydrogen-bond donors (Lipinski definition) is 2. The van der Waals surface area contributed by atoms with E-state index in [1.54, 1.807) is 0 Å². The molecule has 3 rings (SSSR count). The fraction of sp³-hybridized carbons (Fsp3) is 0.412. The van der Waals surface area contributed by atoms with E-state index >= 15 is 0 Å². The Morgan fingerprint density at radius 3 is 2.64 bits per heavy atom. The smallest absolute Gasteiger partial charge is 0.322 e. The van der Waals surface area contributed by atoms with Crippen LogP contribution >= 0.6 is 0 Å². The molecule has 1 aromatic heterocycles. The average Bonchev–Trinajstić information content (AvgIpc) is 3.31. The molecule has 0 bridgehead atoms. The summed E-state index contributed by atoms with van der Waals surface area (Å²) >= 11 is 0. The minimum absolute atomic E-state index is 0.0764. The summed E-state index contributed by atoms with van der Waals surface area (Å²) in [5.41, 5.74) is 0.222. The Balaban J connectivity index is 1.74. The third-order valence-electron chi connectivity index (χ3n) is 4.78. The van der Waals surface area contributed by atoms with Gasteiger partial charge in [-0.3, -0.25) is 19.6 Å². The van der Waals surface area contributed by atoms with Gasteiger partial charge in [0.25, 0.3) is 5.91 Å². The average molecular weight is 344 g/mol. The number of benzene rings is 1. The van der Waals surface area contributed by atoms with E-state index in [9.17, 15) is 20.0 Å². The first kappa shape index (κ1) is 17.1. The molecule has 8 heteroatoms. The molecule has 0 saturated heterocycles. The summed E-state index contributed by atoms with van der Waals surface area (Å²) in [6, 6.07) is 9.29. The highest BCUT2D eigenvalue weighted by molar-refractivity contribution is 5.96. The number of aliphatic hydroxyl groups excluding tert-OH is 1. The molecule has 1 aromatic carbocycles. The maximum atomic E-state index is 12.5. The number of hydrogen-bond acceptors (Lipinski definition) is 5. The van der Waals surface area contributed by atoms with Crippen molar-refractivity contribution in [3.63, 3.8) is 0 Å².